The van der Waals surface area contributed by atoms with Crippen LogP contribution in [-0.4, -0.2) is 10.1 Å². The fourth-order valence-electron chi connectivity index (χ4n) is 2.06. The van der Waals surface area contributed by atoms with Crippen LogP contribution in [0.5, 0.6) is 11.5 Å². The van der Waals surface area contributed by atoms with E-state index in [1.807, 2.05) is 24.3 Å². The highest BCUT2D eigenvalue weighted by Crippen LogP contribution is 2.29. The first-order valence-corrected chi connectivity index (χ1v) is 6.18. The van der Waals surface area contributed by atoms with Crippen molar-refractivity contribution in [2.45, 2.75) is 6.61 Å². The molecular formula is C16H12FNO2. The molecule has 0 saturated carbocycles. The van der Waals surface area contributed by atoms with Crippen LogP contribution in [0, 0.1) is 5.82 Å². The lowest BCUT2D eigenvalue weighted by molar-refractivity contribution is 0.280. The number of nitrogens with zero attached hydrogens (tertiary/aromatic N) is 1. The summed E-state index contributed by atoms with van der Waals surface area (Å²) in [5.41, 5.74) is 1.18. The molecule has 4 heteroatoms. The molecule has 0 saturated heterocycles. The zero-order valence-corrected chi connectivity index (χ0v) is 10.6. The molecule has 1 N–H and O–H groups in total. The van der Waals surface area contributed by atoms with Crippen molar-refractivity contribution in [3.8, 4) is 11.5 Å². The van der Waals surface area contributed by atoms with Crippen LogP contribution in [0.25, 0.3) is 10.9 Å². The van der Waals surface area contributed by atoms with Crippen molar-refractivity contribution in [1.82, 2.24) is 4.98 Å². The van der Waals surface area contributed by atoms with Gasteiger partial charge in [-0.25, -0.2) is 4.39 Å². The summed E-state index contributed by atoms with van der Waals surface area (Å²) in [5.74, 6) is 0.449. The van der Waals surface area contributed by atoms with E-state index in [2.05, 4.69) is 4.98 Å². The number of para-hydroxylation sites is 1. The number of pyridine rings is 1. The lowest BCUT2D eigenvalue weighted by Crippen LogP contribution is -1.91. The number of halogens is 1. The van der Waals surface area contributed by atoms with E-state index < -0.39 is 5.82 Å². The number of benzene rings is 2. The van der Waals surface area contributed by atoms with Gasteiger partial charge in [-0.1, -0.05) is 18.2 Å². The first-order valence-electron chi connectivity index (χ1n) is 6.18. The van der Waals surface area contributed by atoms with Crippen LogP contribution in [0.15, 0.2) is 54.7 Å². The second-order valence-electron chi connectivity index (χ2n) is 4.39. The first kappa shape index (κ1) is 12.6. The average Bonchev–Trinajstić information content (AvgIpc) is 2.47. The van der Waals surface area contributed by atoms with E-state index in [1.54, 1.807) is 18.3 Å². The molecule has 0 fully saturated rings. The number of fused-ring (bicyclic) bond motifs is 1. The monoisotopic (exact) mass is 269 g/mol. The molecule has 100 valence electrons. The predicted octanol–water partition coefficient (Wildman–Crippen LogP) is 3.66. The van der Waals surface area contributed by atoms with E-state index in [-0.39, 0.29) is 6.61 Å². The molecule has 1 heterocycles. The summed E-state index contributed by atoms with van der Waals surface area (Å²) in [6.07, 6.45) is 1.68. The minimum absolute atomic E-state index is 0.234. The lowest BCUT2D eigenvalue weighted by Gasteiger charge is -2.09. The van der Waals surface area contributed by atoms with Gasteiger partial charge in [-0.3, -0.25) is 4.98 Å². The van der Waals surface area contributed by atoms with Crippen molar-refractivity contribution in [3.05, 3.63) is 66.1 Å². The third-order valence-corrected chi connectivity index (χ3v) is 2.94. The lowest BCUT2D eigenvalue weighted by atomic mass is 10.2. The van der Waals surface area contributed by atoms with Gasteiger partial charge in [0.05, 0.1) is 6.61 Å². The number of ether oxygens (including phenoxy) is 1. The predicted molar refractivity (Wildman–Crippen MR) is 74.1 cm³/mol. The molecule has 0 bridgehead atoms. The molecule has 0 amide bonds. The van der Waals surface area contributed by atoms with Gasteiger partial charge in [0.1, 0.15) is 17.1 Å². The quantitative estimate of drug-likeness (QED) is 0.789. The number of aliphatic hydroxyl groups excluding tert-OH is 1. The summed E-state index contributed by atoms with van der Waals surface area (Å²) < 4.78 is 19.1. The number of hydrogen-bond acceptors (Lipinski definition) is 3. The maximum Gasteiger partial charge on any atom is 0.153 e. The van der Waals surface area contributed by atoms with Crippen LogP contribution in [0.4, 0.5) is 4.39 Å². The Morgan fingerprint density at radius 2 is 1.95 bits per heavy atom. The Bertz CT molecular complexity index is 753. The van der Waals surface area contributed by atoms with Crippen LogP contribution >= 0.6 is 0 Å². The van der Waals surface area contributed by atoms with Gasteiger partial charge in [-0.2, -0.15) is 0 Å². The fraction of sp³-hybridized carbons (Fsp3) is 0.0625. The molecule has 0 radical (unpaired) electrons. The smallest absolute Gasteiger partial charge is 0.153 e. The molecule has 0 spiro atoms. The van der Waals surface area contributed by atoms with Crippen LogP contribution in [-0.2, 0) is 6.61 Å². The van der Waals surface area contributed by atoms with Crippen molar-refractivity contribution in [2.24, 2.45) is 0 Å². The van der Waals surface area contributed by atoms with Gasteiger partial charge in [0.2, 0.25) is 0 Å². The van der Waals surface area contributed by atoms with Gasteiger partial charge >= 0.3 is 0 Å². The molecule has 3 rings (SSSR count). The Morgan fingerprint density at radius 3 is 2.80 bits per heavy atom. The SMILES string of the molecule is OCc1cc(F)cc(Oc2cccc3cccnc23)c1. The highest BCUT2D eigenvalue weighted by Gasteiger charge is 2.06. The molecule has 20 heavy (non-hydrogen) atoms. The van der Waals surface area contributed by atoms with Crippen molar-refractivity contribution in [3.63, 3.8) is 0 Å². The molecule has 0 aliphatic carbocycles. The molecule has 0 aliphatic rings. The van der Waals surface area contributed by atoms with Gasteiger partial charge < -0.3 is 9.84 Å². The maximum atomic E-state index is 13.4. The van der Waals surface area contributed by atoms with E-state index in [0.717, 1.165) is 5.39 Å². The number of hydrogen-bond donors (Lipinski definition) is 1. The second kappa shape index (κ2) is 5.27. The van der Waals surface area contributed by atoms with Crippen LogP contribution in [0.2, 0.25) is 0 Å². The van der Waals surface area contributed by atoms with Crippen molar-refractivity contribution in [2.75, 3.05) is 0 Å². The third-order valence-electron chi connectivity index (χ3n) is 2.94. The highest BCUT2D eigenvalue weighted by atomic mass is 19.1. The summed E-state index contributed by atoms with van der Waals surface area (Å²) in [6, 6.07) is 13.5. The molecule has 0 aliphatic heterocycles. The Hall–Kier alpha value is -2.46. The van der Waals surface area contributed by atoms with Crippen molar-refractivity contribution in [1.29, 1.82) is 0 Å². The van der Waals surface area contributed by atoms with E-state index in [0.29, 0.717) is 22.6 Å². The Kier molecular flexibility index (Phi) is 3.31. The van der Waals surface area contributed by atoms with Gasteiger partial charge in [0, 0.05) is 17.6 Å². The largest absolute Gasteiger partial charge is 0.455 e. The minimum Gasteiger partial charge on any atom is -0.455 e. The normalized spacial score (nSPS) is 10.7. The molecular weight excluding hydrogens is 257 g/mol. The molecule has 0 atom stereocenters. The van der Waals surface area contributed by atoms with Crippen molar-refractivity contribution < 1.29 is 14.2 Å². The van der Waals surface area contributed by atoms with E-state index in [1.165, 1.54) is 12.1 Å². The van der Waals surface area contributed by atoms with Crippen LogP contribution in [0.3, 0.4) is 0 Å². The van der Waals surface area contributed by atoms with E-state index in [9.17, 15) is 4.39 Å². The molecule has 3 nitrogen and oxygen atoms in total. The van der Waals surface area contributed by atoms with Crippen molar-refractivity contribution >= 4 is 10.9 Å². The Labute approximate surface area is 115 Å². The molecule has 3 aromatic rings. The summed E-state index contributed by atoms with van der Waals surface area (Å²) in [5, 5.41) is 10.0. The zero-order valence-electron chi connectivity index (χ0n) is 10.6. The average molecular weight is 269 g/mol. The van der Waals surface area contributed by atoms with Gasteiger partial charge in [-0.05, 0) is 29.8 Å². The highest BCUT2D eigenvalue weighted by molar-refractivity contribution is 5.84. The number of rotatable bonds is 3. The maximum absolute atomic E-state index is 13.4. The van der Waals surface area contributed by atoms with E-state index >= 15 is 0 Å². The fourth-order valence-corrected chi connectivity index (χ4v) is 2.06. The number of aliphatic hydroxyl groups is 1. The van der Waals surface area contributed by atoms with E-state index in [4.69, 9.17) is 9.84 Å². The third kappa shape index (κ3) is 2.46. The summed E-state index contributed by atoms with van der Waals surface area (Å²) in [7, 11) is 0. The second-order valence-corrected chi connectivity index (χ2v) is 4.39. The standard InChI is InChI=1S/C16H12FNO2/c17-13-7-11(10-19)8-14(9-13)20-15-5-1-3-12-4-2-6-18-16(12)15/h1-9,19H,10H2. The van der Waals surface area contributed by atoms with Gasteiger partial charge in [0.25, 0.3) is 0 Å². The van der Waals surface area contributed by atoms with Crippen LogP contribution < -0.4 is 4.74 Å². The number of aromatic nitrogens is 1. The molecule has 2 aromatic carbocycles. The summed E-state index contributed by atoms with van der Waals surface area (Å²) in [6.45, 7) is -0.234. The van der Waals surface area contributed by atoms with Gasteiger partial charge in [0.15, 0.2) is 5.75 Å². The summed E-state index contributed by atoms with van der Waals surface area (Å²) in [4.78, 5) is 4.27. The van der Waals surface area contributed by atoms with Gasteiger partial charge in [-0.15, -0.1) is 0 Å². The molecule has 0 unspecified atom stereocenters. The first-order chi connectivity index (χ1) is 9.76. The topological polar surface area (TPSA) is 42.4 Å². The van der Waals surface area contributed by atoms with Crippen LogP contribution in [0.1, 0.15) is 5.56 Å². The Morgan fingerprint density at radius 1 is 1.10 bits per heavy atom. The Balaban J connectivity index is 2.03. The molecule has 1 aromatic heterocycles. The zero-order chi connectivity index (χ0) is 13.9. The minimum atomic E-state index is -0.445. The summed E-state index contributed by atoms with van der Waals surface area (Å²) >= 11 is 0.